The van der Waals surface area contributed by atoms with Crippen LogP contribution in [0.5, 0.6) is 0 Å². The van der Waals surface area contributed by atoms with Gasteiger partial charge in [0.2, 0.25) is 11.8 Å². The number of anilines is 2. The molecule has 35 heavy (non-hydrogen) atoms. The lowest BCUT2D eigenvalue weighted by Crippen LogP contribution is -2.58. The van der Waals surface area contributed by atoms with Gasteiger partial charge in [0.05, 0.1) is 37.0 Å². The maximum atomic E-state index is 13.3. The van der Waals surface area contributed by atoms with Crippen molar-refractivity contribution in [3.63, 3.8) is 0 Å². The fourth-order valence-corrected chi connectivity index (χ4v) is 5.37. The summed E-state index contributed by atoms with van der Waals surface area (Å²) < 4.78 is 4.99. The van der Waals surface area contributed by atoms with Crippen LogP contribution in [0.4, 0.5) is 11.4 Å². The minimum Gasteiger partial charge on any atom is -0.462 e. The lowest BCUT2D eigenvalue weighted by Gasteiger charge is -2.44. The molecule has 1 spiro atoms. The Bertz CT molecular complexity index is 1140. The van der Waals surface area contributed by atoms with Crippen molar-refractivity contribution in [2.75, 3.05) is 36.2 Å². The average Bonchev–Trinajstić information content (AvgIpc) is 3.35. The van der Waals surface area contributed by atoms with Gasteiger partial charge in [-0.05, 0) is 56.2 Å². The SMILES string of the molecule is CCOC(=O)c1ccc(N2C(=O)CC(N3CCC4(CC3)C(=O)NCN4c3ccccc3)C2=O)cc1. The van der Waals surface area contributed by atoms with Gasteiger partial charge in [-0.3, -0.25) is 19.3 Å². The van der Waals surface area contributed by atoms with E-state index in [0.29, 0.717) is 43.9 Å². The summed E-state index contributed by atoms with van der Waals surface area (Å²) in [5.74, 6) is -0.976. The zero-order chi connectivity index (χ0) is 24.6. The van der Waals surface area contributed by atoms with Gasteiger partial charge in [-0.25, -0.2) is 9.69 Å². The van der Waals surface area contributed by atoms with Crippen LogP contribution in [0.25, 0.3) is 0 Å². The summed E-state index contributed by atoms with van der Waals surface area (Å²) in [6, 6.07) is 15.6. The van der Waals surface area contributed by atoms with E-state index in [1.54, 1.807) is 31.2 Å². The molecule has 3 amide bonds. The summed E-state index contributed by atoms with van der Waals surface area (Å²) in [4.78, 5) is 56.2. The number of ether oxygens (including phenoxy) is 1. The molecule has 0 aromatic heterocycles. The van der Waals surface area contributed by atoms with Crippen LogP contribution in [0.2, 0.25) is 0 Å². The summed E-state index contributed by atoms with van der Waals surface area (Å²) in [7, 11) is 0. The molecule has 3 heterocycles. The fraction of sp³-hybridized carbons (Fsp3) is 0.385. The molecule has 1 unspecified atom stereocenters. The minimum absolute atomic E-state index is 0.0122. The molecule has 2 aromatic carbocycles. The van der Waals surface area contributed by atoms with E-state index in [4.69, 9.17) is 4.74 Å². The first-order chi connectivity index (χ1) is 16.9. The fourth-order valence-electron chi connectivity index (χ4n) is 5.37. The number of piperidine rings is 1. The third-order valence-electron chi connectivity index (χ3n) is 7.23. The molecule has 182 valence electrons. The Morgan fingerprint density at radius 2 is 1.69 bits per heavy atom. The molecule has 3 saturated heterocycles. The third-order valence-corrected chi connectivity index (χ3v) is 7.23. The Morgan fingerprint density at radius 1 is 1.00 bits per heavy atom. The van der Waals surface area contributed by atoms with Crippen molar-refractivity contribution in [1.82, 2.24) is 10.2 Å². The normalized spacial score (nSPS) is 22.1. The van der Waals surface area contributed by atoms with Crippen LogP contribution in [0.1, 0.15) is 36.5 Å². The van der Waals surface area contributed by atoms with E-state index in [2.05, 4.69) is 10.2 Å². The minimum atomic E-state index is -0.647. The van der Waals surface area contributed by atoms with Gasteiger partial charge in [-0.15, -0.1) is 0 Å². The van der Waals surface area contributed by atoms with Gasteiger partial charge < -0.3 is 15.0 Å². The van der Waals surface area contributed by atoms with E-state index in [9.17, 15) is 19.2 Å². The lowest BCUT2D eigenvalue weighted by atomic mass is 9.85. The highest BCUT2D eigenvalue weighted by molar-refractivity contribution is 6.22. The number of carbonyl (C=O) groups is 4. The van der Waals surface area contributed by atoms with Gasteiger partial charge in [0.25, 0.3) is 5.91 Å². The van der Waals surface area contributed by atoms with Crippen LogP contribution in [-0.4, -0.2) is 66.5 Å². The standard InChI is InChI=1S/C26H28N4O5/c1-2-35-24(33)18-8-10-20(11-9-18)30-22(31)16-21(23(30)32)28-14-12-26(13-15-28)25(34)27-17-29(26)19-6-4-3-5-7-19/h3-11,21H,2,12-17H2,1H3,(H,27,34). The second-order valence-corrected chi connectivity index (χ2v) is 9.05. The van der Waals surface area contributed by atoms with Crippen LogP contribution in [-0.2, 0) is 19.1 Å². The Labute approximate surface area is 203 Å². The predicted molar refractivity (Wildman–Crippen MR) is 129 cm³/mol. The number of amides is 3. The van der Waals surface area contributed by atoms with Crippen molar-refractivity contribution in [2.45, 2.75) is 37.8 Å². The summed E-state index contributed by atoms with van der Waals surface area (Å²) in [6.45, 7) is 3.54. The van der Waals surface area contributed by atoms with Crippen molar-refractivity contribution in [3.8, 4) is 0 Å². The third kappa shape index (κ3) is 3.95. The molecule has 3 aliphatic rings. The maximum absolute atomic E-state index is 13.3. The van der Waals surface area contributed by atoms with E-state index in [1.807, 2.05) is 35.2 Å². The van der Waals surface area contributed by atoms with Crippen LogP contribution < -0.4 is 15.1 Å². The Kier molecular flexibility index (Phi) is 6.02. The number of nitrogens with zero attached hydrogens (tertiary/aromatic N) is 3. The first-order valence-corrected chi connectivity index (χ1v) is 11.9. The monoisotopic (exact) mass is 476 g/mol. The summed E-state index contributed by atoms with van der Waals surface area (Å²) in [5, 5.41) is 2.98. The van der Waals surface area contributed by atoms with Crippen molar-refractivity contribution in [1.29, 1.82) is 0 Å². The smallest absolute Gasteiger partial charge is 0.338 e. The average molecular weight is 477 g/mol. The van der Waals surface area contributed by atoms with E-state index in [-0.39, 0.29) is 30.7 Å². The van der Waals surface area contributed by atoms with Gasteiger partial charge in [-0.2, -0.15) is 0 Å². The maximum Gasteiger partial charge on any atom is 0.338 e. The van der Waals surface area contributed by atoms with Gasteiger partial charge in [-0.1, -0.05) is 18.2 Å². The Morgan fingerprint density at radius 3 is 2.34 bits per heavy atom. The Hall–Kier alpha value is -3.72. The summed E-state index contributed by atoms with van der Waals surface area (Å²) in [5.41, 5.74) is 1.15. The number of hydrogen-bond acceptors (Lipinski definition) is 7. The van der Waals surface area contributed by atoms with Crippen LogP contribution in [0, 0.1) is 0 Å². The molecule has 0 radical (unpaired) electrons. The number of hydrogen-bond donors (Lipinski definition) is 1. The molecular weight excluding hydrogens is 448 g/mol. The number of imide groups is 1. The second kappa shape index (κ2) is 9.14. The molecule has 9 nitrogen and oxygen atoms in total. The predicted octanol–water partition coefficient (Wildman–Crippen LogP) is 1.92. The number of rotatable bonds is 5. The van der Waals surface area contributed by atoms with Crippen molar-refractivity contribution in [3.05, 3.63) is 60.2 Å². The van der Waals surface area contributed by atoms with Crippen LogP contribution >= 0.6 is 0 Å². The van der Waals surface area contributed by atoms with E-state index >= 15 is 0 Å². The number of carbonyl (C=O) groups excluding carboxylic acids is 4. The molecule has 0 saturated carbocycles. The molecule has 9 heteroatoms. The summed E-state index contributed by atoms with van der Waals surface area (Å²) >= 11 is 0. The van der Waals surface area contributed by atoms with E-state index < -0.39 is 17.6 Å². The van der Waals surface area contributed by atoms with Crippen molar-refractivity contribution < 1.29 is 23.9 Å². The highest BCUT2D eigenvalue weighted by Gasteiger charge is 2.52. The van der Waals surface area contributed by atoms with Crippen LogP contribution in [0.15, 0.2) is 54.6 Å². The lowest BCUT2D eigenvalue weighted by molar-refractivity contribution is -0.126. The molecule has 0 bridgehead atoms. The largest absolute Gasteiger partial charge is 0.462 e. The first kappa shape index (κ1) is 23.0. The molecule has 1 atom stereocenters. The molecule has 3 fully saturated rings. The number of nitrogens with one attached hydrogen (secondary N) is 1. The van der Waals surface area contributed by atoms with Crippen molar-refractivity contribution in [2.24, 2.45) is 0 Å². The second-order valence-electron chi connectivity index (χ2n) is 9.05. The molecule has 2 aromatic rings. The van der Waals surface area contributed by atoms with Gasteiger partial charge in [0, 0.05) is 18.8 Å². The van der Waals surface area contributed by atoms with Crippen LogP contribution in [0.3, 0.4) is 0 Å². The number of benzene rings is 2. The molecule has 0 aliphatic carbocycles. The van der Waals surface area contributed by atoms with E-state index in [0.717, 1.165) is 5.69 Å². The highest BCUT2D eigenvalue weighted by Crippen LogP contribution is 2.38. The Balaban J connectivity index is 1.28. The van der Waals surface area contributed by atoms with Gasteiger partial charge in [0.1, 0.15) is 5.54 Å². The highest BCUT2D eigenvalue weighted by atomic mass is 16.5. The number of likely N-dealkylation sites (tertiary alicyclic amines) is 1. The molecule has 5 rings (SSSR count). The number of para-hydroxylation sites is 1. The summed E-state index contributed by atoms with van der Waals surface area (Å²) in [6.07, 6.45) is 1.24. The van der Waals surface area contributed by atoms with Crippen molar-refractivity contribution >= 4 is 35.1 Å². The topological polar surface area (TPSA) is 99.3 Å². The van der Waals surface area contributed by atoms with Gasteiger partial charge in [0.15, 0.2) is 0 Å². The molecular formula is C26H28N4O5. The van der Waals surface area contributed by atoms with E-state index in [1.165, 1.54) is 4.90 Å². The first-order valence-electron chi connectivity index (χ1n) is 11.9. The molecule has 1 N–H and O–H groups in total. The zero-order valence-corrected chi connectivity index (χ0v) is 19.6. The van der Waals surface area contributed by atoms with Gasteiger partial charge >= 0.3 is 5.97 Å². The quantitative estimate of drug-likeness (QED) is 0.520. The zero-order valence-electron chi connectivity index (χ0n) is 19.6. The molecule has 3 aliphatic heterocycles. The number of esters is 1.